The van der Waals surface area contributed by atoms with Crippen LogP contribution in [0, 0.1) is 0 Å². The van der Waals surface area contributed by atoms with Gasteiger partial charge < -0.3 is 0 Å². The monoisotopic (exact) mass is 253 g/mol. The fourth-order valence-electron chi connectivity index (χ4n) is 2.13. The summed E-state index contributed by atoms with van der Waals surface area (Å²) in [7, 11) is 0. The van der Waals surface area contributed by atoms with Crippen molar-refractivity contribution in [2.75, 3.05) is 11.5 Å². The van der Waals surface area contributed by atoms with Crippen LogP contribution in [0.15, 0.2) is 18.2 Å². The van der Waals surface area contributed by atoms with Gasteiger partial charge in [-0.1, -0.05) is 17.7 Å². The van der Waals surface area contributed by atoms with Crippen LogP contribution in [-0.4, -0.2) is 26.1 Å². The molecule has 0 N–H and O–H groups in total. The molecule has 0 aromatic carbocycles. The van der Waals surface area contributed by atoms with Gasteiger partial charge in [-0.2, -0.15) is 11.8 Å². The average Bonchev–Trinajstić information content (AvgIpc) is 2.75. The van der Waals surface area contributed by atoms with E-state index in [1.807, 2.05) is 34.4 Å². The molecule has 84 valence electrons. The zero-order chi connectivity index (χ0) is 11.0. The number of rotatable bonds is 1. The van der Waals surface area contributed by atoms with E-state index in [-0.39, 0.29) is 0 Å². The van der Waals surface area contributed by atoms with Crippen LogP contribution in [0.4, 0.5) is 0 Å². The van der Waals surface area contributed by atoms with Crippen molar-refractivity contribution < 1.29 is 0 Å². The maximum Gasteiger partial charge on any atom is 0.161 e. The van der Waals surface area contributed by atoms with Gasteiger partial charge in [0, 0.05) is 11.7 Å². The highest BCUT2D eigenvalue weighted by Gasteiger charge is 2.21. The Labute approximate surface area is 103 Å². The number of thioether (sulfide) groups is 1. The van der Waals surface area contributed by atoms with Gasteiger partial charge in [0.25, 0.3) is 0 Å². The summed E-state index contributed by atoms with van der Waals surface area (Å²) in [5.74, 6) is 3.91. The third kappa shape index (κ3) is 1.70. The van der Waals surface area contributed by atoms with E-state index in [4.69, 9.17) is 11.6 Å². The molecule has 0 bridgehead atoms. The summed E-state index contributed by atoms with van der Waals surface area (Å²) in [5.41, 5.74) is 0.845. The molecule has 0 radical (unpaired) electrons. The highest BCUT2D eigenvalue weighted by Crippen LogP contribution is 2.31. The molecule has 1 fully saturated rings. The molecule has 2 aromatic rings. The van der Waals surface area contributed by atoms with Crippen molar-refractivity contribution in [1.29, 1.82) is 0 Å². The molecule has 1 atom stereocenters. The van der Waals surface area contributed by atoms with Crippen LogP contribution in [0.2, 0.25) is 5.15 Å². The molecule has 5 heteroatoms. The van der Waals surface area contributed by atoms with Crippen LogP contribution in [0.3, 0.4) is 0 Å². The standard InChI is InChI=1S/C11H12ClN3S/c12-9-4-1-5-10-13-14-11(15(9)10)8-3-2-6-16-7-8/h1,4-5,8H,2-3,6-7H2. The lowest BCUT2D eigenvalue weighted by Gasteiger charge is -2.19. The molecule has 16 heavy (non-hydrogen) atoms. The lowest BCUT2D eigenvalue weighted by Crippen LogP contribution is -2.12. The first-order chi connectivity index (χ1) is 7.86. The van der Waals surface area contributed by atoms with E-state index in [1.54, 1.807) is 0 Å². The maximum absolute atomic E-state index is 6.20. The molecule has 3 nitrogen and oxygen atoms in total. The third-order valence-electron chi connectivity index (χ3n) is 2.93. The Kier molecular flexibility index (Phi) is 2.77. The number of hydrogen-bond donors (Lipinski definition) is 0. The van der Waals surface area contributed by atoms with Crippen molar-refractivity contribution in [2.24, 2.45) is 0 Å². The molecule has 1 saturated heterocycles. The van der Waals surface area contributed by atoms with Crippen molar-refractivity contribution in [3.05, 3.63) is 29.2 Å². The van der Waals surface area contributed by atoms with Crippen LogP contribution in [-0.2, 0) is 0 Å². The molecular weight excluding hydrogens is 242 g/mol. The Morgan fingerprint density at radius 2 is 2.31 bits per heavy atom. The van der Waals surface area contributed by atoms with Gasteiger partial charge in [0.1, 0.15) is 11.0 Å². The third-order valence-corrected chi connectivity index (χ3v) is 4.44. The van der Waals surface area contributed by atoms with E-state index >= 15 is 0 Å². The zero-order valence-corrected chi connectivity index (χ0v) is 10.3. The van der Waals surface area contributed by atoms with Crippen LogP contribution in [0.25, 0.3) is 5.65 Å². The zero-order valence-electron chi connectivity index (χ0n) is 8.77. The molecular formula is C11H12ClN3S. The van der Waals surface area contributed by atoms with E-state index in [1.165, 1.54) is 18.6 Å². The second-order valence-electron chi connectivity index (χ2n) is 4.01. The molecule has 1 aliphatic heterocycles. The van der Waals surface area contributed by atoms with Gasteiger partial charge in [-0.25, -0.2) is 0 Å². The topological polar surface area (TPSA) is 30.2 Å². The molecule has 3 heterocycles. The smallest absolute Gasteiger partial charge is 0.161 e. The van der Waals surface area contributed by atoms with E-state index in [0.29, 0.717) is 11.1 Å². The molecule has 3 rings (SSSR count). The lowest BCUT2D eigenvalue weighted by atomic mass is 10.1. The Morgan fingerprint density at radius 1 is 1.38 bits per heavy atom. The van der Waals surface area contributed by atoms with Gasteiger partial charge in [0.15, 0.2) is 5.65 Å². The fourth-order valence-corrected chi connectivity index (χ4v) is 3.52. The Morgan fingerprint density at radius 3 is 3.12 bits per heavy atom. The van der Waals surface area contributed by atoms with Crippen molar-refractivity contribution in [1.82, 2.24) is 14.6 Å². The van der Waals surface area contributed by atoms with Crippen molar-refractivity contribution in [3.8, 4) is 0 Å². The fraction of sp³-hybridized carbons (Fsp3) is 0.455. The van der Waals surface area contributed by atoms with Gasteiger partial charge in [-0.15, -0.1) is 10.2 Å². The van der Waals surface area contributed by atoms with Gasteiger partial charge >= 0.3 is 0 Å². The van der Waals surface area contributed by atoms with Gasteiger partial charge in [0.2, 0.25) is 0 Å². The number of halogens is 1. The predicted molar refractivity (Wildman–Crippen MR) is 67.3 cm³/mol. The highest BCUT2D eigenvalue weighted by atomic mass is 35.5. The quantitative estimate of drug-likeness (QED) is 0.732. The van der Waals surface area contributed by atoms with Crippen LogP contribution < -0.4 is 0 Å². The second-order valence-corrected chi connectivity index (χ2v) is 5.55. The SMILES string of the molecule is Clc1cccc2nnc(C3CCCSC3)n12. The summed E-state index contributed by atoms with van der Waals surface area (Å²) in [6.07, 6.45) is 2.45. The lowest BCUT2D eigenvalue weighted by molar-refractivity contribution is 0.617. The first kappa shape index (κ1) is 10.4. The van der Waals surface area contributed by atoms with Crippen molar-refractivity contribution >= 4 is 29.0 Å². The Bertz CT molecular complexity index is 505. The normalized spacial score (nSPS) is 21.4. The van der Waals surface area contributed by atoms with Gasteiger partial charge in [-0.05, 0) is 30.7 Å². The minimum atomic E-state index is 0.494. The number of pyridine rings is 1. The summed E-state index contributed by atoms with van der Waals surface area (Å²) in [5, 5.41) is 9.17. The minimum absolute atomic E-state index is 0.494. The van der Waals surface area contributed by atoms with Crippen molar-refractivity contribution in [2.45, 2.75) is 18.8 Å². The molecule has 1 unspecified atom stereocenters. The van der Waals surface area contributed by atoms with E-state index in [9.17, 15) is 0 Å². The first-order valence-corrected chi connectivity index (χ1v) is 6.97. The number of hydrogen-bond acceptors (Lipinski definition) is 3. The predicted octanol–water partition coefficient (Wildman–Crippen LogP) is 2.99. The summed E-state index contributed by atoms with van der Waals surface area (Å²) < 4.78 is 1.97. The summed E-state index contributed by atoms with van der Waals surface area (Å²) in [6, 6.07) is 5.74. The molecule has 0 saturated carbocycles. The first-order valence-electron chi connectivity index (χ1n) is 5.43. The number of aromatic nitrogens is 3. The number of nitrogens with zero attached hydrogens (tertiary/aromatic N) is 3. The summed E-state index contributed by atoms with van der Waals surface area (Å²) in [6.45, 7) is 0. The summed E-state index contributed by atoms with van der Waals surface area (Å²) in [4.78, 5) is 0. The van der Waals surface area contributed by atoms with Gasteiger partial charge in [-0.3, -0.25) is 4.40 Å². The summed E-state index contributed by atoms with van der Waals surface area (Å²) >= 11 is 8.19. The molecule has 0 spiro atoms. The number of fused-ring (bicyclic) bond motifs is 1. The van der Waals surface area contributed by atoms with Crippen LogP contribution in [0.1, 0.15) is 24.6 Å². The second kappa shape index (κ2) is 4.26. The maximum atomic E-state index is 6.20. The Balaban J connectivity index is 2.09. The highest BCUT2D eigenvalue weighted by molar-refractivity contribution is 7.99. The minimum Gasteiger partial charge on any atom is -0.269 e. The van der Waals surface area contributed by atoms with Crippen LogP contribution in [0.5, 0.6) is 0 Å². The largest absolute Gasteiger partial charge is 0.269 e. The van der Waals surface area contributed by atoms with E-state index in [2.05, 4.69) is 10.2 Å². The molecule has 0 aliphatic carbocycles. The molecule has 0 amide bonds. The Hall–Kier alpha value is -0.740. The van der Waals surface area contributed by atoms with Crippen molar-refractivity contribution in [3.63, 3.8) is 0 Å². The van der Waals surface area contributed by atoms with Crippen LogP contribution >= 0.6 is 23.4 Å². The molecule has 2 aromatic heterocycles. The molecule has 1 aliphatic rings. The average molecular weight is 254 g/mol. The van der Waals surface area contributed by atoms with E-state index in [0.717, 1.165) is 17.2 Å². The van der Waals surface area contributed by atoms with Gasteiger partial charge in [0.05, 0.1) is 0 Å². The van der Waals surface area contributed by atoms with E-state index < -0.39 is 0 Å².